The lowest BCUT2D eigenvalue weighted by Crippen LogP contribution is -2.37. The number of benzene rings is 2. The van der Waals surface area contributed by atoms with Crippen molar-refractivity contribution in [1.29, 1.82) is 0 Å². The van der Waals surface area contributed by atoms with Crippen molar-refractivity contribution < 1.29 is 23.8 Å². The number of aromatic nitrogens is 1. The molecule has 5 rings (SSSR count). The van der Waals surface area contributed by atoms with Gasteiger partial charge in [0.2, 0.25) is 0 Å². The van der Waals surface area contributed by atoms with E-state index in [-0.39, 0.29) is 40.8 Å². The Bertz CT molecular complexity index is 1270. The second-order valence-electron chi connectivity index (χ2n) is 9.36. The third-order valence-corrected chi connectivity index (χ3v) is 7.26. The van der Waals surface area contributed by atoms with E-state index in [1.165, 1.54) is 19.2 Å². The molecule has 178 valence electrons. The first-order valence-corrected chi connectivity index (χ1v) is 11.8. The van der Waals surface area contributed by atoms with Crippen LogP contribution >= 0.6 is 0 Å². The van der Waals surface area contributed by atoms with Gasteiger partial charge in [-0.3, -0.25) is 9.59 Å². The molecule has 3 aromatic rings. The van der Waals surface area contributed by atoms with E-state index < -0.39 is 0 Å². The number of ether oxygens (including phenoxy) is 2. The summed E-state index contributed by atoms with van der Waals surface area (Å²) in [5, 5.41) is 11.1. The molecule has 1 N–H and O–H groups in total. The number of esters is 1. The highest BCUT2D eigenvalue weighted by Gasteiger charge is 2.36. The Balaban J connectivity index is 1.68. The van der Waals surface area contributed by atoms with Gasteiger partial charge in [0.15, 0.2) is 0 Å². The number of halogens is 1. The number of methoxy groups -OCH3 is 1. The van der Waals surface area contributed by atoms with Gasteiger partial charge in [0.25, 0.3) is 5.56 Å². The Labute approximate surface area is 196 Å². The zero-order chi connectivity index (χ0) is 23.8. The number of nitrogens with zero attached hydrogens (tertiary/aromatic N) is 1. The number of pyridine rings is 1. The molecule has 0 atom stereocenters. The van der Waals surface area contributed by atoms with Crippen molar-refractivity contribution in [1.82, 2.24) is 4.57 Å². The molecule has 0 spiro atoms. The van der Waals surface area contributed by atoms with E-state index in [1.54, 1.807) is 28.8 Å². The van der Waals surface area contributed by atoms with Crippen molar-refractivity contribution in [3.8, 4) is 16.9 Å². The summed E-state index contributed by atoms with van der Waals surface area (Å²) in [6, 6.07) is 11.3. The normalized spacial score (nSPS) is 20.8. The first-order valence-electron chi connectivity index (χ1n) is 11.8. The molecule has 1 saturated heterocycles. The minimum Gasteiger partial charge on any atom is -0.508 e. The smallest absolute Gasteiger partial charge is 0.308 e. The fourth-order valence-corrected chi connectivity index (χ4v) is 5.44. The first-order chi connectivity index (χ1) is 16.5. The van der Waals surface area contributed by atoms with Crippen LogP contribution in [-0.2, 0) is 20.8 Å². The van der Waals surface area contributed by atoms with Crippen LogP contribution in [-0.4, -0.2) is 36.0 Å². The Morgan fingerprint density at radius 3 is 2.53 bits per heavy atom. The van der Waals surface area contributed by atoms with Gasteiger partial charge in [0, 0.05) is 36.8 Å². The molecule has 0 amide bonds. The summed E-state index contributed by atoms with van der Waals surface area (Å²) in [6.07, 6.45) is 2.82. The molecule has 1 saturated carbocycles. The number of rotatable bonds is 5. The number of carbonyl (C=O) groups is 1. The highest BCUT2D eigenvalue weighted by atomic mass is 19.1. The van der Waals surface area contributed by atoms with Crippen LogP contribution in [0, 0.1) is 17.7 Å². The van der Waals surface area contributed by atoms with E-state index in [4.69, 9.17) is 9.47 Å². The van der Waals surface area contributed by atoms with Gasteiger partial charge < -0.3 is 19.1 Å². The minimum atomic E-state index is -0.336. The summed E-state index contributed by atoms with van der Waals surface area (Å²) in [7, 11) is 1.39. The number of hydrogen-bond acceptors (Lipinski definition) is 5. The second-order valence-corrected chi connectivity index (χ2v) is 9.36. The molecular weight excluding hydrogens is 437 g/mol. The predicted molar refractivity (Wildman–Crippen MR) is 126 cm³/mol. The van der Waals surface area contributed by atoms with Crippen LogP contribution in [0.2, 0.25) is 0 Å². The van der Waals surface area contributed by atoms with Crippen molar-refractivity contribution in [3.05, 3.63) is 64.2 Å². The molecule has 2 fully saturated rings. The molecule has 2 aliphatic rings. The summed E-state index contributed by atoms with van der Waals surface area (Å²) in [5.41, 5.74) is 2.84. The molecule has 1 aromatic heterocycles. The average molecular weight is 466 g/mol. The highest BCUT2D eigenvalue weighted by molar-refractivity contribution is 5.97. The second kappa shape index (κ2) is 9.22. The number of phenols is 1. The van der Waals surface area contributed by atoms with Crippen LogP contribution in [0.1, 0.15) is 37.2 Å². The van der Waals surface area contributed by atoms with E-state index >= 15 is 0 Å². The fourth-order valence-electron chi connectivity index (χ4n) is 5.44. The maximum absolute atomic E-state index is 14.1. The third-order valence-electron chi connectivity index (χ3n) is 7.26. The molecule has 7 heteroatoms. The van der Waals surface area contributed by atoms with Gasteiger partial charge in [0.05, 0.1) is 18.5 Å². The quantitative estimate of drug-likeness (QED) is 0.557. The maximum Gasteiger partial charge on any atom is 0.308 e. The van der Waals surface area contributed by atoms with Crippen molar-refractivity contribution in [2.24, 2.45) is 11.8 Å². The van der Waals surface area contributed by atoms with E-state index in [1.807, 2.05) is 6.07 Å². The summed E-state index contributed by atoms with van der Waals surface area (Å²) in [6.45, 7) is 1.64. The number of aromatic hydroxyl groups is 1. The van der Waals surface area contributed by atoms with Crippen LogP contribution in [0.5, 0.6) is 5.75 Å². The summed E-state index contributed by atoms with van der Waals surface area (Å²) in [5.74, 6) is -0.400. The van der Waals surface area contributed by atoms with Gasteiger partial charge in [-0.15, -0.1) is 0 Å². The molecule has 0 radical (unpaired) electrons. The van der Waals surface area contributed by atoms with Crippen molar-refractivity contribution in [2.75, 3.05) is 20.3 Å². The van der Waals surface area contributed by atoms with E-state index in [9.17, 15) is 19.1 Å². The number of phenolic OH excluding ortho intramolecular Hbond substituents is 1. The van der Waals surface area contributed by atoms with E-state index in [0.29, 0.717) is 38.1 Å². The predicted octanol–water partition coefficient (Wildman–Crippen LogP) is 4.61. The lowest BCUT2D eigenvalue weighted by Gasteiger charge is -2.34. The SMILES string of the molecule is COC(=O)C1CC(Cn2c(=O)c(C3CCOCC3)c(-c3ccc(F)cc3)c3ccc(O)cc32)C1. The van der Waals surface area contributed by atoms with Gasteiger partial charge in [0.1, 0.15) is 11.6 Å². The molecule has 1 aliphatic carbocycles. The Hall–Kier alpha value is -3.19. The number of hydrogen-bond donors (Lipinski definition) is 1. The van der Waals surface area contributed by atoms with Crippen LogP contribution in [0.15, 0.2) is 47.3 Å². The van der Waals surface area contributed by atoms with E-state index in [0.717, 1.165) is 34.9 Å². The highest BCUT2D eigenvalue weighted by Crippen LogP contribution is 2.40. The zero-order valence-corrected chi connectivity index (χ0v) is 19.1. The zero-order valence-electron chi connectivity index (χ0n) is 19.1. The summed E-state index contributed by atoms with van der Waals surface area (Å²) < 4.78 is 25.9. The standard InChI is InChI=1S/C27H28FNO5/c1-33-27(32)19-12-16(13-19)15-29-23-14-21(30)6-7-22(23)24(17-2-4-20(28)5-3-17)25(26(29)31)18-8-10-34-11-9-18/h2-7,14,16,18-19,30H,8-13,15H2,1H3. The van der Waals surface area contributed by atoms with Crippen molar-refractivity contribution >= 4 is 16.9 Å². The van der Waals surface area contributed by atoms with Crippen LogP contribution in [0.4, 0.5) is 4.39 Å². The van der Waals surface area contributed by atoms with Crippen LogP contribution < -0.4 is 5.56 Å². The van der Waals surface area contributed by atoms with Gasteiger partial charge in [-0.05, 0) is 72.9 Å². The lowest BCUT2D eigenvalue weighted by molar-refractivity contribution is -0.150. The first kappa shape index (κ1) is 22.6. The van der Waals surface area contributed by atoms with Gasteiger partial charge in [-0.1, -0.05) is 12.1 Å². The summed E-state index contributed by atoms with van der Waals surface area (Å²) >= 11 is 0. The van der Waals surface area contributed by atoms with Crippen molar-refractivity contribution in [3.63, 3.8) is 0 Å². The average Bonchev–Trinajstić information content (AvgIpc) is 2.82. The minimum absolute atomic E-state index is 0.0231. The van der Waals surface area contributed by atoms with Crippen LogP contribution in [0.25, 0.3) is 22.0 Å². The molecule has 0 unspecified atom stereocenters. The molecular formula is C27H28FNO5. The number of fused-ring (bicyclic) bond motifs is 1. The third kappa shape index (κ3) is 4.09. The largest absolute Gasteiger partial charge is 0.508 e. The van der Waals surface area contributed by atoms with Gasteiger partial charge in [-0.25, -0.2) is 4.39 Å². The monoisotopic (exact) mass is 465 g/mol. The number of carbonyl (C=O) groups excluding carboxylic acids is 1. The fraction of sp³-hybridized carbons (Fsp3) is 0.407. The Kier molecular flexibility index (Phi) is 6.13. The summed E-state index contributed by atoms with van der Waals surface area (Å²) in [4.78, 5) is 25.9. The molecule has 34 heavy (non-hydrogen) atoms. The molecule has 6 nitrogen and oxygen atoms in total. The molecule has 1 aliphatic heterocycles. The topological polar surface area (TPSA) is 77.8 Å². The van der Waals surface area contributed by atoms with Crippen molar-refractivity contribution in [2.45, 2.75) is 38.1 Å². The molecule has 2 heterocycles. The van der Waals surface area contributed by atoms with E-state index in [2.05, 4.69) is 0 Å². The lowest BCUT2D eigenvalue weighted by atomic mass is 9.74. The Morgan fingerprint density at radius 2 is 1.85 bits per heavy atom. The molecule has 0 bridgehead atoms. The maximum atomic E-state index is 14.1. The molecule has 2 aromatic carbocycles. The Morgan fingerprint density at radius 1 is 1.15 bits per heavy atom. The van der Waals surface area contributed by atoms with Crippen LogP contribution in [0.3, 0.4) is 0 Å². The van der Waals surface area contributed by atoms with Gasteiger partial charge >= 0.3 is 5.97 Å². The van der Waals surface area contributed by atoms with Gasteiger partial charge in [-0.2, -0.15) is 0 Å².